The van der Waals surface area contributed by atoms with Crippen molar-refractivity contribution in [1.82, 2.24) is 5.32 Å². The fourth-order valence-corrected chi connectivity index (χ4v) is 3.87. The number of rotatable bonds is 8. The molecule has 0 aliphatic rings. The summed E-state index contributed by atoms with van der Waals surface area (Å²) in [6.45, 7) is 8.43. The summed E-state index contributed by atoms with van der Waals surface area (Å²) in [6.07, 6.45) is -4.38. The largest absolute Gasteiger partial charge is 0.480 e. The first-order valence-corrected chi connectivity index (χ1v) is 10.5. The number of nitrogens with one attached hydrogen (secondary N) is 1. The molecule has 4 nitrogen and oxygen atoms in total. The molecule has 0 saturated heterocycles. The van der Waals surface area contributed by atoms with Gasteiger partial charge < -0.3 is 10.2 Å². The lowest BCUT2D eigenvalue weighted by atomic mass is 9.74. The van der Waals surface area contributed by atoms with Crippen molar-refractivity contribution in [2.75, 3.05) is 6.61 Å². The van der Waals surface area contributed by atoms with Gasteiger partial charge in [-0.3, -0.25) is 10.1 Å². The van der Waals surface area contributed by atoms with Crippen LogP contribution >= 0.6 is 0 Å². The molecule has 176 valence electrons. The summed E-state index contributed by atoms with van der Waals surface area (Å²) >= 11 is 0. The van der Waals surface area contributed by atoms with E-state index in [-0.39, 0.29) is 24.1 Å². The summed E-state index contributed by atoms with van der Waals surface area (Å²) in [6, 6.07) is 11.2. The van der Waals surface area contributed by atoms with Gasteiger partial charge in [0.05, 0.1) is 12.2 Å². The lowest BCUT2D eigenvalue weighted by Crippen LogP contribution is -2.39. The molecule has 2 aromatic carbocycles. The van der Waals surface area contributed by atoms with Crippen LogP contribution in [0.1, 0.15) is 62.4 Å². The van der Waals surface area contributed by atoms with Gasteiger partial charge in [0.1, 0.15) is 6.04 Å². The van der Waals surface area contributed by atoms with Gasteiger partial charge in [-0.15, -0.1) is 0 Å². The van der Waals surface area contributed by atoms with Crippen molar-refractivity contribution in [2.24, 2.45) is 0 Å². The van der Waals surface area contributed by atoms with E-state index in [2.05, 4.69) is 5.32 Å². The SMILES string of the molecule is CC(C)(C)c1cc(CNC(CO)C(=O)O)cc(CC(C)(C)c2ccccc2)c1C(F)(F)F. The van der Waals surface area contributed by atoms with Crippen molar-refractivity contribution >= 4 is 5.97 Å². The van der Waals surface area contributed by atoms with Crippen LogP contribution in [0.5, 0.6) is 0 Å². The molecule has 0 heterocycles. The minimum absolute atomic E-state index is 0.0253. The molecule has 1 unspecified atom stereocenters. The molecule has 0 aliphatic heterocycles. The van der Waals surface area contributed by atoms with Crippen LogP contribution in [0.25, 0.3) is 0 Å². The zero-order valence-electron chi connectivity index (χ0n) is 19.2. The molecule has 0 amide bonds. The van der Waals surface area contributed by atoms with Crippen molar-refractivity contribution in [2.45, 2.75) is 70.6 Å². The second-order valence-electron chi connectivity index (χ2n) is 9.81. The quantitative estimate of drug-likeness (QED) is 0.525. The third-order valence-electron chi connectivity index (χ3n) is 5.59. The van der Waals surface area contributed by atoms with Crippen molar-refractivity contribution in [3.63, 3.8) is 0 Å². The van der Waals surface area contributed by atoms with Crippen LogP contribution in [0.4, 0.5) is 13.2 Å². The third kappa shape index (κ3) is 6.33. The normalized spacial score (nSPS) is 13.8. The van der Waals surface area contributed by atoms with Gasteiger partial charge in [0.15, 0.2) is 0 Å². The number of alkyl halides is 3. The molecule has 1 atom stereocenters. The summed E-state index contributed by atoms with van der Waals surface area (Å²) in [7, 11) is 0. The zero-order valence-corrected chi connectivity index (χ0v) is 19.2. The van der Waals surface area contributed by atoms with Crippen LogP contribution in [-0.4, -0.2) is 28.8 Å². The smallest absolute Gasteiger partial charge is 0.416 e. The third-order valence-corrected chi connectivity index (χ3v) is 5.59. The van der Waals surface area contributed by atoms with E-state index < -0.39 is 41.2 Å². The van der Waals surface area contributed by atoms with Gasteiger partial charge in [-0.1, -0.05) is 77.1 Å². The van der Waals surface area contributed by atoms with Crippen LogP contribution < -0.4 is 5.32 Å². The van der Waals surface area contributed by atoms with Crippen molar-refractivity contribution in [3.8, 4) is 0 Å². The monoisotopic (exact) mass is 451 g/mol. The highest BCUT2D eigenvalue weighted by molar-refractivity contribution is 5.73. The molecule has 2 aromatic rings. The number of aliphatic hydroxyl groups excluding tert-OH is 1. The Hall–Kier alpha value is -2.38. The van der Waals surface area contributed by atoms with E-state index in [1.165, 1.54) is 12.1 Å². The van der Waals surface area contributed by atoms with Gasteiger partial charge >= 0.3 is 12.1 Å². The van der Waals surface area contributed by atoms with E-state index in [1.54, 1.807) is 20.8 Å². The highest BCUT2D eigenvalue weighted by Crippen LogP contribution is 2.42. The van der Waals surface area contributed by atoms with Gasteiger partial charge in [0, 0.05) is 6.54 Å². The fraction of sp³-hybridized carbons (Fsp3) is 0.480. The number of hydrogen-bond acceptors (Lipinski definition) is 3. The maximum Gasteiger partial charge on any atom is 0.416 e. The fourth-order valence-electron chi connectivity index (χ4n) is 3.87. The first-order valence-electron chi connectivity index (χ1n) is 10.5. The summed E-state index contributed by atoms with van der Waals surface area (Å²) in [4.78, 5) is 11.2. The number of carbonyl (C=O) groups is 1. The molecule has 3 N–H and O–H groups in total. The number of benzene rings is 2. The van der Waals surface area contributed by atoms with E-state index in [4.69, 9.17) is 5.11 Å². The van der Waals surface area contributed by atoms with Crippen molar-refractivity contribution in [3.05, 3.63) is 70.3 Å². The minimum atomic E-state index is -4.54. The summed E-state index contributed by atoms with van der Waals surface area (Å²) in [5.74, 6) is -1.22. The van der Waals surface area contributed by atoms with Crippen molar-refractivity contribution < 1.29 is 28.2 Å². The molecule has 0 radical (unpaired) electrons. The summed E-state index contributed by atoms with van der Waals surface area (Å²) in [5.41, 5.74) is -0.158. The van der Waals surface area contributed by atoms with Crippen LogP contribution in [0.2, 0.25) is 0 Å². The number of halogens is 3. The van der Waals surface area contributed by atoms with Gasteiger partial charge in [-0.25, -0.2) is 0 Å². The topological polar surface area (TPSA) is 69.6 Å². The average Bonchev–Trinajstić information content (AvgIpc) is 2.66. The highest BCUT2D eigenvalue weighted by Gasteiger charge is 2.40. The van der Waals surface area contributed by atoms with E-state index in [1.807, 2.05) is 44.2 Å². The molecule has 0 aliphatic carbocycles. The van der Waals surface area contributed by atoms with E-state index in [0.717, 1.165) is 5.56 Å². The Balaban J connectivity index is 2.61. The number of aliphatic hydroxyl groups is 1. The Morgan fingerprint density at radius 2 is 1.62 bits per heavy atom. The Bertz CT molecular complexity index is 932. The molecule has 0 fully saturated rings. The van der Waals surface area contributed by atoms with Gasteiger partial charge in [-0.05, 0) is 39.5 Å². The van der Waals surface area contributed by atoms with Gasteiger partial charge in [0.25, 0.3) is 0 Å². The Morgan fingerprint density at radius 3 is 2.09 bits per heavy atom. The van der Waals surface area contributed by atoms with Crippen LogP contribution in [-0.2, 0) is 34.8 Å². The number of carboxylic acid groups (broad SMARTS) is 1. The lowest BCUT2D eigenvalue weighted by molar-refractivity contribution is -0.140. The predicted octanol–water partition coefficient (Wildman–Crippen LogP) is 5.06. The highest BCUT2D eigenvalue weighted by atomic mass is 19.4. The molecule has 0 bridgehead atoms. The zero-order chi connectivity index (χ0) is 24.3. The van der Waals surface area contributed by atoms with Crippen LogP contribution in [0.15, 0.2) is 42.5 Å². The molecule has 0 spiro atoms. The Morgan fingerprint density at radius 1 is 1.03 bits per heavy atom. The second kappa shape index (κ2) is 9.63. The van der Waals surface area contributed by atoms with Gasteiger partial charge in [-0.2, -0.15) is 13.2 Å². The first-order chi connectivity index (χ1) is 14.7. The second-order valence-corrected chi connectivity index (χ2v) is 9.81. The van der Waals surface area contributed by atoms with E-state index in [0.29, 0.717) is 5.56 Å². The minimum Gasteiger partial charge on any atom is -0.480 e. The molecule has 7 heteroatoms. The average molecular weight is 452 g/mol. The van der Waals surface area contributed by atoms with Crippen molar-refractivity contribution in [1.29, 1.82) is 0 Å². The summed E-state index contributed by atoms with van der Waals surface area (Å²) < 4.78 is 42.9. The standard InChI is InChI=1S/C25H32F3NO3/c1-23(2,3)19-12-16(14-29-20(15-30)22(31)32)11-17(21(19)25(26,27)28)13-24(4,5)18-9-7-6-8-10-18/h6-12,20,29-30H,13-15H2,1-5H3,(H,31,32). The number of carboxylic acids is 1. The summed E-state index contributed by atoms with van der Waals surface area (Å²) in [5, 5.41) is 21.1. The molecule has 0 saturated carbocycles. The molecular formula is C25H32F3NO3. The lowest BCUT2D eigenvalue weighted by Gasteiger charge is -2.31. The number of aliphatic carboxylic acids is 1. The Kier molecular flexibility index (Phi) is 7.79. The molecular weight excluding hydrogens is 419 g/mol. The van der Waals surface area contributed by atoms with Gasteiger partial charge in [0.2, 0.25) is 0 Å². The van der Waals surface area contributed by atoms with E-state index >= 15 is 0 Å². The maximum absolute atomic E-state index is 14.3. The molecule has 0 aromatic heterocycles. The Labute approximate surface area is 187 Å². The first kappa shape index (κ1) is 25.9. The van der Waals surface area contributed by atoms with Crippen LogP contribution in [0, 0.1) is 0 Å². The van der Waals surface area contributed by atoms with Crippen LogP contribution in [0.3, 0.4) is 0 Å². The van der Waals surface area contributed by atoms with E-state index in [9.17, 15) is 23.1 Å². The predicted molar refractivity (Wildman–Crippen MR) is 119 cm³/mol. The molecule has 32 heavy (non-hydrogen) atoms. The molecule has 2 rings (SSSR count). The number of hydrogen-bond donors (Lipinski definition) is 3. The maximum atomic E-state index is 14.3.